The fraction of sp³-hybridized carbons (Fsp3) is 0.500. The van der Waals surface area contributed by atoms with E-state index in [4.69, 9.17) is 5.73 Å². The topological polar surface area (TPSA) is 43.1 Å². The molecule has 0 fully saturated rings. The van der Waals surface area contributed by atoms with Crippen molar-refractivity contribution in [3.63, 3.8) is 0 Å². The molecule has 2 heteroatoms. The minimum absolute atomic E-state index is 0.318. The molecule has 0 aliphatic carbocycles. The third-order valence-electron chi connectivity index (χ3n) is 4.96. The summed E-state index contributed by atoms with van der Waals surface area (Å²) < 4.78 is 0. The Labute approximate surface area is 146 Å². The van der Waals surface area contributed by atoms with E-state index >= 15 is 0 Å². The number of hydrogen-bond acceptors (Lipinski definition) is 1. The number of carbonyl (C=O) groups is 1. The zero-order valence-corrected chi connectivity index (χ0v) is 15.2. The average Bonchev–Trinajstić information content (AvgIpc) is 2.57. The Morgan fingerprint density at radius 2 is 1.58 bits per heavy atom. The van der Waals surface area contributed by atoms with E-state index in [0.717, 1.165) is 22.8 Å². The number of amides is 1. The Bertz CT molecular complexity index is 675. The molecule has 0 spiro atoms. The molecule has 2 aromatic rings. The SMILES string of the molecule is CCCCCCCCCCc1cc2ccccc2c(C(N)=O)c1C. The summed E-state index contributed by atoms with van der Waals surface area (Å²) in [4.78, 5) is 11.9. The van der Waals surface area contributed by atoms with Gasteiger partial charge in [0.05, 0.1) is 5.56 Å². The monoisotopic (exact) mass is 325 g/mol. The number of primary amides is 1. The Balaban J connectivity index is 1.97. The highest BCUT2D eigenvalue weighted by Gasteiger charge is 2.13. The van der Waals surface area contributed by atoms with Crippen molar-refractivity contribution in [2.75, 3.05) is 0 Å². The molecule has 2 aromatic carbocycles. The first-order valence-corrected chi connectivity index (χ1v) is 9.46. The highest BCUT2D eigenvalue weighted by atomic mass is 16.1. The summed E-state index contributed by atoms with van der Waals surface area (Å²) in [5, 5.41) is 2.09. The van der Waals surface area contributed by atoms with Crippen molar-refractivity contribution in [2.24, 2.45) is 5.73 Å². The van der Waals surface area contributed by atoms with Gasteiger partial charge in [0.25, 0.3) is 0 Å². The summed E-state index contributed by atoms with van der Waals surface area (Å²) in [6.07, 6.45) is 11.6. The smallest absolute Gasteiger partial charge is 0.249 e. The van der Waals surface area contributed by atoms with E-state index in [0.29, 0.717) is 5.56 Å². The van der Waals surface area contributed by atoms with Crippen molar-refractivity contribution in [1.29, 1.82) is 0 Å². The first-order valence-electron chi connectivity index (χ1n) is 9.46. The van der Waals surface area contributed by atoms with Crippen LogP contribution in [0.3, 0.4) is 0 Å². The molecule has 0 atom stereocenters. The van der Waals surface area contributed by atoms with Crippen molar-refractivity contribution < 1.29 is 4.79 Å². The molecule has 0 heterocycles. The predicted molar refractivity (Wildman–Crippen MR) is 104 cm³/mol. The summed E-state index contributed by atoms with van der Waals surface area (Å²) in [5.41, 5.74) is 8.67. The molecule has 0 radical (unpaired) electrons. The maximum atomic E-state index is 11.9. The minimum atomic E-state index is -0.318. The van der Waals surface area contributed by atoms with Crippen molar-refractivity contribution in [3.8, 4) is 0 Å². The summed E-state index contributed by atoms with van der Waals surface area (Å²) in [7, 11) is 0. The summed E-state index contributed by atoms with van der Waals surface area (Å²) in [6, 6.07) is 10.3. The van der Waals surface area contributed by atoms with E-state index < -0.39 is 0 Å². The van der Waals surface area contributed by atoms with Gasteiger partial charge < -0.3 is 5.73 Å². The van der Waals surface area contributed by atoms with Crippen LogP contribution in [0.15, 0.2) is 30.3 Å². The number of aryl methyl sites for hydroxylation is 1. The lowest BCUT2D eigenvalue weighted by atomic mass is 9.92. The minimum Gasteiger partial charge on any atom is -0.366 e. The maximum Gasteiger partial charge on any atom is 0.249 e. The highest BCUT2D eigenvalue weighted by molar-refractivity contribution is 6.08. The first kappa shape index (κ1) is 18.5. The Hall–Kier alpha value is -1.83. The lowest BCUT2D eigenvalue weighted by molar-refractivity contribution is 0.100. The second-order valence-corrected chi connectivity index (χ2v) is 6.85. The van der Waals surface area contributed by atoms with E-state index in [1.165, 1.54) is 56.9 Å². The fourth-order valence-corrected chi connectivity index (χ4v) is 3.54. The molecule has 0 saturated carbocycles. The van der Waals surface area contributed by atoms with Crippen molar-refractivity contribution in [1.82, 2.24) is 0 Å². The zero-order chi connectivity index (χ0) is 17.4. The van der Waals surface area contributed by atoms with Crippen LogP contribution >= 0.6 is 0 Å². The van der Waals surface area contributed by atoms with Gasteiger partial charge in [-0.1, -0.05) is 82.2 Å². The molecule has 2 rings (SSSR count). The van der Waals surface area contributed by atoms with Crippen LogP contribution in [0.25, 0.3) is 10.8 Å². The molecule has 0 unspecified atom stereocenters. The molecule has 130 valence electrons. The van der Waals surface area contributed by atoms with E-state index in [9.17, 15) is 4.79 Å². The number of rotatable bonds is 10. The van der Waals surface area contributed by atoms with Crippen molar-refractivity contribution in [3.05, 3.63) is 47.0 Å². The van der Waals surface area contributed by atoms with Gasteiger partial charge in [0.2, 0.25) is 5.91 Å². The molecule has 1 amide bonds. The molecule has 0 aliphatic heterocycles. The molecule has 0 aromatic heterocycles. The van der Waals surface area contributed by atoms with E-state index in [1.54, 1.807) is 0 Å². The first-order chi connectivity index (χ1) is 11.6. The standard InChI is InChI=1S/C22H31NO/c1-3-4-5-6-7-8-9-10-13-18-16-19-14-11-12-15-20(19)21(17(18)2)22(23)24/h11-12,14-16H,3-10,13H2,1-2H3,(H2,23,24). The van der Waals surface area contributed by atoms with Crippen LogP contribution in [-0.2, 0) is 6.42 Å². The quantitative estimate of drug-likeness (QED) is 0.540. The molecule has 0 bridgehead atoms. The lowest BCUT2D eigenvalue weighted by Gasteiger charge is -2.13. The number of fused-ring (bicyclic) bond motifs is 1. The molecule has 24 heavy (non-hydrogen) atoms. The van der Waals surface area contributed by atoms with Crippen LogP contribution in [0.5, 0.6) is 0 Å². The van der Waals surface area contributed by atoms with Gasteiger partial charge in [-0.15, -0.1) is 0 Å². The normalized spacial score (nSPS) is 11.1. The average molecular weight is 325 g/mol. The second kappa shape index (κ2) is 9.46. The van der Waals surface area contributed by atoms with Gasteiger partial charge in [0.15, 0.2) is 0 Å². The number of unbranched alkanes of at least 4 members (excludes halogenated alkanes) is 7. The van der Waals surface area contributed by atoms with Gasteiger partial charge in [-0.2, -0.15) is 0 Å². The summed E-state index contributed by atoms with van der Waals surface area (Å²) in [6.45, 7) is 4.29. The number of nitrogens with two attached hydrogens (primary N) is 1. The molecular weight excluding hydrogens is 294 g/mol. The highest BCUT2D eigenvalue weighted by Crippen LogP contribution is 2.26. The molecule has 2 N–H and O–H groups in total. The largest absolute Gasteiger partial charge is 0.366 e. The number of benzene rings is 2. The molecule has 0 aliphatic rings. The van der Waals surface area contributed by atoms with Gasteiger partial charge in [-0.3, -0.25) is 4.79 Å². The molecule has 0 saturated heterocycles. The molecule has 2 nitrogen and oxygen atoms in total. The van der Waals surface area contributed by atoms with Gasteiger partial charge >= 0.3 is 0 Å². The lowest BCUT2D eigenvalue weighted by Crippen LogP contribution is -2.14. The van der Waals surface area contributed by atoms with Crippen LogP contribution in [0.2, 0.25) is 0 Å². The predicted octanol–water partition coefficient (Wildman–Crippen LogP) is 5.93. The number of hydrogen-bond donors (Lipinski definition) is 1. The third kappa shape index (κ3) is 4.83. The number of carbonyl (C=O) groups excluding carboxylic acids is 1. The van der Waals surface area contributed by atoms with Crippen LogP contribution in [0.1, 0.15) is 79.8 Å². The van der Waals surface area contributed by atoms with Crippen molar-refractivity contribution in [2.45, 2.75) is 71.6 Å². The third-order valence-corrected chi connectivity index (χ3v) is 4.96. The van der Waals surface area contributed by atoms with Gasteiger partial charge in [-0.05, 0) is 41.7 Å². The van der Waals surface area contributed by atoms with Gasteiger partial charge in [0.1, 0.15) is 0 Å². The van der Waals surface area contributed by atoms with Crippen LogP contribution in [-0.4, -0.2) is 5.91 Å². The second-order valence-electron chi connectivity index (χ2n) is 6.85. The summed E-state index contributed by atoms with van der Waals surface area (Å²) in [5.74, 6) is -0.318. The molecular formula is C22H31NO. The van der Waals surface area contributed by atoms with E-state index in [-0.39, 0.29) is 5.91 Å². The van der Waals surface area contributed by atoms with Crippen LogP contribution in [0, 0.1) is 6.92 Å². The van der Waals surface area contributed by atoms with E-state index in [2.05, 4.69) is 19.1 Å². The fourth-order valence-electron chi connectivity index (χ4n) is 3.54. The van der Waals surface area contributed by atoms with Gasteiger partial charge in [0, 0.05) is 0 Å². The Morgan fingerprint density at radius 3 is 2.25 bits per heavy atom. The van der Waals surface area contributed by atoms with Crippen molar-refractivity contribution >= 4 is 16.7 Å². The van der Waals surface area contributed by atoms with E-state index in [1.807, 2.05) is 25.1 Å². The van der Waals surface area contributed by atoms with Gasteiger partial charge in [-0.25, -0.2) is 0 Å². The van der Waals surface area contributed by atoms with Crippen LogP contribution in [0.4, 0.5) is 0 Å². The van der Waals surface area contributed by atoms with Crippen LogP contribution < -0.4 is 5.73 Å². The Kier molecular flexibility index (Phi) is 7.30. The Morgan fingerprint density at radius 1 is 0.958 bits per heavy atom. The zero-order valence-electron chi connectivity index (χ0n) is 15.2. The summed E-state index contributed by atoms with van der Waals surface area (Å²) >= 11 is 0. The maximum absolute atomic E-state index is 11.9.